The number of hydrogen-bond acceptors (Lipinski definition) is 4. The largest absolute Gasteiger partial charge is 0.472 e. The zero-order valence-electron chi connectivity index (χ0n) is 11.9. The summed E-state index contributed by atoms with van der Waals surface area (Å²) in [7, 11) is 1.85. The fraction of sp³-hybridized carbons (Fsp3) is 0.333. The van der Waals surface area contributed by atoms with Gasteiger partial charge >= 0.3 is 0 Å². The van der Waals surface area contributed by atoms with Crippen molar-refractivity contribution in [2.45, 2.75) is 26.9 Å². The second kappa shape index (κ2) is 6.70. The summed E-state index contributed by atoms with van der Waals surface area (Å²) in [4.78, 5) is 8.88. The molecule has 1 N–H and O–H groups in total. The summed E-state index contributed by atoms with van der Waals surface area (Å²) in [5.41, 5.74) is 2.03. The average molecular weight is 336 g/mol. The molecule has 0 spiro atoms. The molecule has 0 saturated carbocycles. The first kappa shape index (κ1) is 14.8. The number of nitrogens with zero attached hydrogens (tertiary/aromatic N) is 2. The lowest BCUT2D eigenvalue weighted by Gasteiger charge is -2.12. The molecule has 0 aliphatic heterocycles. The summed E-state index contributed by atoms with van der Waals surface area (Å²) in [6.07, 6.45) is 0.780. The highest BCUT2D eigenvalue weighted by Gasteiger charge is 2.10. The highest BCUT2D eigenvalue weighted by Crippen LogP contribution is 2.23. The minimum absolute atomic E-state index is 0.490. The van der Waals surface area contributed by atoms with Crippen molar-refractivity contribution in [3.63, 3.8) is 0 Å². The van der Waals surface area contributed by atoms with E-state index in [9.17, 15) is 0 Å². The molecule has 1 aromatic heterocycles. The Kier molecular flexibility index (Phi) is 4.95. The van der Waals surface area contributed by atoms with E-state index >= 15 is 0 Å². The molecule has 0 saturated heterocycles. The zero-order valence-corrected chi connectivity index (χ0v) is 13.5. The van der Waals surface area contributed by atoms with Crippen molar-refractivity contribution >= 4 is 21.7 Å². The van der Waals surface area contributed by atoms with Crippen LogP contribution in [0.15, 0.2) is 28.7 Å². The van der Waals surface area contributed by atoms with Crippen molar-refractivity contribution in [3.8, 4) is 5.88 Å². The first-order valence-electron chi connectivity index (χ1n) is 6.56. The number of hydrogen-bond donors (Lipinski definition) is 1. The lowest BCUT2D eigenvalue weighted by Crippen LogP contribution is -2.07. The van der Waals surface area contributed by atoms with Crippen molar-refractivity contribution in [3.05, 3.63) is 45.7 Å². The Bertz CT molecular complexity index is 602. The van der Waals surface area contributed by atoms with Crippen LogP contribution < -0.4 is 10.1 Å². The molecule has 20 heavy (non-hydrogen) atoms. The summed E-state index contributed by atoms with van der Waals surface area (Å²) in [6.45, 7) is 4.48. The topological polar surface area (TPSA) is 47.0 Å². The number of benzene rings is 1. The molecule has 5 heteroatoms. The Morgan fingerprint density at radius 1 is 1.30 bits per heavy atom. The average Bonchev–Trinajstić information content (AvgIpc) is 2.46. The normalized spacial score (nSPS) is 10.4. The van der Waals surface area contributed by atoms with Gasteiger partial charge in [0.1, 0.15) is 18.2 Å². The van der Waals surface area contributed by atoms with Gasteiger partial charge in [-0.3, -0.25) is 0 Å². The number of anilines is 1. The van der Waals surface area contributed by atoms with Crippen molar-refractivity contribution in [1.29, 1.82) is 0 Å². The van der Waals surface area contributed by atoms with E-state index in [-0.39, 0.29) is 0 Å². The van der Waals surface area contributed by atoms with Crippen LogP contribution in [-0.2, 0) is 13.0 Å². The Labute approximate surface area is 127 Å². The van der Waals surface area contributed by atoms with Crippen molar-refractivity contribution in [1.82, 2.24) is 9.97 Å². The summed E-state index contributed by atoms with van der Waals surface area (Å²) in [5.74, 6) is 2.24. The van der Waals surface area contributed by atoms with E-state index in [4.69, 9.17) is 4.74 Å². The van der Waals surface area contributed by atoms with Crippen LogP contribution in [0.5, 0.6) is 5.88 Å². The smallest absolute Gasteiger partial charge is 0.222 e. The quantitative estimate of drug-likeness (QED) is 0.904. The lowest BCUT2D eigenvalue weighted by molar-refractivity contribution is 0.290. The second-order valence-corrected chi connectivity index (χ2v) is 5.36. The molecule has 1 aromatic carbocycles. The van der Waals surface area contributed by atoms with Gasteiger partial charge in [-0.25, -0.2) is 4.98 Å². The van der Waals surface area contributed by atoms with Crippen LogP contribution in [0.1, 0.15) is 23.9 Å². The van der Waals surface area contributed by atoms with Gasteiger partial charge in [0.2, 0.25) is 5.88 Å². The predicted molar refractivity (Wildman–Crippen MR) is 84.2 cm³/mol. The van der Waals surface area contributed by atoms with Gasteiger partial charge in [0, 0.05) is 17.9 Å². The molecular formula is C15H18BrN3O. The SMILES string of the molecule is CCc1nc(NC)c(C)c(OCc2cccc(Br)c2)n1. The maximum Gasteiger partial charge on any atom is 0.222 e. The molecule has 0 atom stereocenters. The Morgan fingerprint density at radius 2 is 2.10 bits per heavy atom. The molecule has 0 amide bonds. The van der Waals surface area contributed by atoms with Crippen LogP contribution in [0.4, 0.5) is 5.82 Å². The molecule has 4 nitrogen and oxygen atoms in total. The second-order valence-electron chi connectivity index (χ2n) is 4.44. The fourth-order valence-electron chi connectivity index (χ4n) is 1.86. The Hall–Kier alpha value is -1.62. The van der Waals surface area contributed by atoms with Gasteiger partial charge in [0.05, 0.1) is 5.56 Å². The van der Waals surface area contributed by atoms with Crippen LogP contribution in [-0.4, -0.2) is 17.0 Å². The third-order valence-corrected chi connectivity index (χ3v) is 3.46. The van der Waals surface area contributed by atoms with E-state index in [2.05, 4.69) is 31.2 Å². The van der Waals surface area contributed by atoms with Crippen molar-refractivity contribution in [2.24, 2.45) is 0 Å². The first-order chi connectivity index (χ1) is 9.63. The monoisotopic (exact) mass is 335 g/mol. The molecular weight excluding hydrogens is 318 g/mol. The van der Waals surface area contributed by atoms with Crippen LogP contribution >= 0.6 is 15.9 Å². The van der Waals surface area contributed by atoms with Crippen molar-refractivity contribution in [2.75, 3.05) is 12.4 Å². The summed E-state index contributed by atoms with van der Waals surface area (Å²) in [5, 5.41) is 3.08. The molecule has 0 unspecified atom stereocenters. The molecule has 2 aromatic rings. The number of ether oxygens (including phenoxy) is 1. The van der Waals surface area contributed by atoms with Crippen LogP contribution in [0.25, 0.3) is 0 Å². The number of aromatic nitrogens is 2. The molecule has 1 heterocycles. The maximum atomic E-state index is 5.85. The van der Waals surface area contributed by atoms with E-state index in [0.29, 0.717) is 12.5 Å². The highest BCUT2D eigenvalue weighted by atomic mass is 79.9. The van der Waals surface area contributed by atoms with Gasteiger partial charge in [-0.1, -0.05) is 35.0 Å². The standard InChI is InChI=1S/C15H18BrN3O/c1-4-13-18-14(17-3)10(2)15(19-13)20-9-11-6-5-7-12(16)8-11/h5-8H,4,9H2,1-3H3,(H,17,18,19). The van der Waals surface area contributed by atoms with E-state index in [1.807, 2.05) is 45.2 Å². The Morgan fingerprint density at radius 3 is 2.75 bits per heavy atom. The van der Waals surface area contributed by atoms with Gasteiger partial charge in [0.15, 0.2) is 0 Å². The van der Waals surface area contributed by atoms with Crippen LogP contribution in [0.2, 0.25) is 0 Å². The summed E-state index contributed by atoms with van der Waals surface area (Å²) in [6, 6.07) is 8.05. The predicted octanol–water partition coefficient (Wildman–Crippen LogP) is 3.73. The van der Waals surface area contributed by atoms with E-state index in [1.165, 1.54) is 0 Å². The minimum Gasteiger partial charge on any atom is -0.472 e. The number of nitrogens with one attached hydrogen (secondary N) is 1. The third-order valence-electron chi connectivity index (χ3n) is 2.97. The van der Waals surface area contributed by atoms with Gasteiger partial charge in [-0.15, -0.1) is 0 Å². The molecule has 2 rings (SSSR count). The van der Waals surface area contributed by atoms with Gasteiger partial charge < -0.3 is 10.1 Å². The van der Waals surface area contributed by atoms with Crippen molar-refractivity contribution < 1.29 is 4.74 Å². The van der Waals surface area contributed by atoms with Crippen LogP contribution in [0.3, 0.4) is 0 Å². The Balaban J connectivity index is 2.20. The van der Waals surface area contributed by atoms with Gasteiger partial charge in [-0.2, -0.15) is 4.98 Å². The van der Waals surface area contributed by atoms with E-state index in [0.717, 1.165) is 33.7 Å². The lowest BCUT2D eigenvalue weighted by atomic mass is 10.2. The molecule has 0 aliphatic carbocycles. The van der Waals surface area contributed by atoms with E-state index < -0.39 is 0 Å². The molecule has 0 radical (unpaired) electrons. The number of halogens is 1. The minimum atomic E-state index is 0.490. The maximum absolute atomic E-state index is 5.85. The summed E-state index contributed by atoms with van der Waals surface area (Å²) >= 11 is 3.46. The number of aryl methyl sites for hydroxylation is 1. The molecule has 0 bridgehead atoms. The van der Waals surface area contributed by atoms with E-state index in [1.54, 1.807) is 0 Å². The third kappa shape index (κ3) is 3.48. The van der Waals surface area contributed by atoms with Gasteiger partial charge in [-0.05, 0) is 24.6 Å². The zero-order chi connectivity index (χ0) is 14.5. The molecule has 0 fully saturated rings. The molecule has 0 aliphatic rings. The van der Waals surface area contributed by atoms with Crippen LogP contribution in [0, 0.1) is 6.92 Å². The fourth-order valence-corrected chi connectivity index (χ4v) is 2.31. The highest BCUT2D eigenvalue weighted by molar-refractivity contribution is 9.10. The number of rotatable bonds is 5. The summed E-state index contributed by atoms with van der Waals surface area (Å²) < 4.78 is 6.90. The van der Waals surface area contributed by atoms with Gasteiger partial charge in [0.25, 0.3) is 0 Å². The first-order valence-corrected chi connectivity index (χ1v) is 7.35. The molecule has 106 valence electrons.